The first-order valence-corrected chi connectivity index (χ1v) is 6.26. The lowest BCUT2D eigenvalue weighted by Gasteiger charge is -2.32. The van der Waals surface area contributed by atoms with Gasteiger partial charge in [0.2, 0.25) is 12.1 Å². The Bertz CT molecular complexity index is 431. The number of anilines is 1. The van der Waals surface area contributed by atoms with Gasteiger partial charge >= 0.3 is 5.82 Å². The van der Waals surface area contributed by atoms with Gasteiger partial charge in [-0.3, -0.25) is 4.57 Å². The Balaban J connectivity index is 2.09. The van der Waals surface area contributed by atoms with Gasteiger partial charge in [0.15, 0.2) is 0 Å². The van der Waals surface area contributed by atoms with Gasteiger partial charge in [0.05, 0.1) is 0 Å². The van der Waals surface area contributed by atoms with Crippen molar-refractivity contribution < 1.29 is 4.92 Å². The summed E-state index contributed by atoms with van der Waals surface area (Å²) in [7, 11) is 1.77. The number of hydrogen-bond acceptors (Lipinski definition) is 5. The van der Waals surface area contributed by atoms with E-state index in [-0.39, 0.29) is 11.9 Å². The second-order valence-electron chi connectivity index (χ2n) is 4.66. The first kappa shape index (κ1) is 12.8. The third-order valence-corrected chi connectivity index (χ3v) is 3.38. The molecule has 0 amide bonds. The minimum atomic E-state index is -0.442. The van der Waals surface area contributed by atoms with E-state index in [9.17, 15) is 10.1 Å². The van der Waals surface area contributed by atoms with Crippen molar-refractivity contribution in [3.63, 3.8) is 0 Å². The Labute approximate surface area is 106 Å². The van der Waals surface area contributed by atoms with E-state index in [1.54, 1.807) is 11.6 Å². The van der Waals surface area contributed by atoms with Crippen molar-refractivity contribution in [2.24, 2.45) is 7.05 Å². The zero-order valence-electron chi connectivity index (χ0n) is 10.8. The molecule has 1 fully saturated rings. The second-order valence-corrected chi connectivity index (χ2v) is 4.66. The highest BCUT2D eigenvalue weighted by molar-refractivity contribution is 5.52. The summed E-state index contributed by atoms with van der Waals surface area (Å²) in [6.45, 7) is 5.20. The van der Waals surface area contributed by atoms with Gasteiger partial charge in [-0.2, -0.15) is 0 Å². The molecule has 0 radical (unpaired) electrons. The molecule has 1 saturated heterocycles. The molecule has 0 spiro atoms. The van der Waals surface area contributed by atoms with Crippen molar-refractivity contribution in [2.45, 2.75) is 25.8 Å². The molecule has 0 aliphatic carbocycles. The van der Waals surface area contributed by atoms with Crippen LogP contribution < -0.4 is 5.32 Å². The molecule has 0 saturated carbocycles. The Hall–Kier alpha value is -1.63. The molecule has 1 aliphatic rings. The summed E-state index contributed by atoms with van der Waals surface area (Å²) in [6, 6.07) is 0.257. The summed E-state index contributed by atoms with van der Waals surface area (Å²) in [4.78, 5) is 16.6. The van der Waals surface area contributed by atoms with E-state index in [1.807, 2.05) is 0 Å². The summed E-state index contributed by atoms with van der Waals surface area (Å²) in [6.07, 6.45) is 3.64. The fourth-order valence-corrected chi connectivity index (χ4v) is 2.37. The Morgan fingerprint density at radius 1 is 1.67 bits per heavy atom. The van der Waals surface area contributed by atoms with Gasteiger partial charge < -0.3 is 20.3 Å². The van der Waals surface area contributed by atoms with Gasteiger partial charge in [0.25, 0.3) is 0 Å². The first-order chi connectivity index (χ1) is 8.61. The van der Waals surface area contributed by atoms with Crippen LogP contribution in [0.2, 0.25) is 0 Å². The molecular formula is C11H19N5O2. The van der Waals surface area contributed by atoms with E-state index in [4.69, 9.17) is 0 Å². The molecule has 1 aromatic rings. The zero-order chi connectivity index (χ0) is 13.1. The quantitative estimate of drug-likeness (QED) is 0.645. The van der Waals surface area contributed by atoms with Crippen LogP contribution in [0.4, 0.5) is 11.6 Å². The molecule has 7 nitrogen and oxygen atoms in total. The molecule has 1 aliphatic heterocycles. The van der Waals surface area contributed by atoms with E-state index >= 15 is 0 Å². The van der Waals surface area contributed by atoms with Crippen LogP contribution in [0.15, 0.2) is 6.33 Å². The lowest BCUT2D eigenvalue weighted by Crippen LogP contribution is -2.42. The van der Waals surface area contributed by atoms with Crippen LogP contribution in [0, 0.1) is 10.1 Å². The number of piperidine rings is 1. The van der Waals surface area contributed by atoms with Crippen LogP contribution in [0.3, 0.4) is 0 Å². The monoisotopic (exact) mass is 253 g/mol. The van der Waals surface area contributed by atoms with Crippen LogP contribution >= 0.6 is 0 Å². The SMILES string of the molecule is CCN1CCCC(Nc2c([N+](=O)[O-])ncn2C)C1. The summed E-state index contributed by atoms with van der Waals surface area (Å²) in [5.41, 5.74) is 0. The van der Waals surface area contributed by atoms with E-state index in [0.29, 0.717) is 5.82 Å². The number of likely N-dealkylation sites (N-methyl/N-ethyl adjacent to an activating group) is 1. The Morgan fingerprint density at radius 3 is 3.11 bits per heavy atom. The standard InChI is InChI=1S/C11H19N5O2/c1-3-15-6-4-5-9(7-15)13-11-10(16(17)18)12-8-14(11)2/h8-9,13H,3-7H2,1-2H3. The first-order valence-electron chi connectivity index (χ1n) is 6.26. The van der Waals surface area contributed by atoms with Crippen molar-refractivity contribution in [1.29, 1.82) is 0 Å². The summed E-state index contributed by atoms with van der Waals surface area (Å²) >= 11 is 0. The van der Waals surface area contributed by atoms with Gasteiger partial charge in [-0.1, -0.05) is 6.92 Å². The number of nitro groups is 1. The van der Waals surface area contributed by atoms with Crippen LogP contribution in [0.1, 0.15) is 19.8 Å². The van der Waals surface area contributed by atoms with Crippen LogP contribution in [-0.4, -0.2) is 45.1 Å². The highest BCUT2D eigenvalue weighted by Gasteiger charge is 2.25. The van der Waals surface area contributed by atoms with Crippen molar-refractivity contribution in [3.8, 4) is 0 Å². The van der Waals surface area contributed by atoms with Crippen LogP contribution in [0.5, 0.6) is 0 Å². The lowest BCUT2D eigenvalue weighted by molar-refractivity contribution is -0.388. The predicted octanol–water partition coefficient (Wildman–Crippen LogP) is 1.22. The maximum Gasteiger partial charge on any atom is 0.406 e. The molecule has 1 N–H and O–H groups in total. The molecule has 0 bridgehead atoms. The second kappa shape index (κ2) is 5.34. The molecule has 1 aromatic heterocycles. The number of aromatic nitrogens is 2. The average Bonchev–Trinajstić information content (AvgIpc) is 2.71. The Kier molecular flexibility index (Phi) is 3.81. The molecular weight excluding hydrogens is 234 g/mol. The number of rotatable bonds is 4. The molecule has 1 unspecified atom stereocenters. The maximum absolute atomic E-state index is 10.9. The van der Waals surface area contributed by atoms with Crippen molar-refractivity contribution in [1.82, 2.24) is 14.5 Å². The minimum absolute atomic E-state index is 0.0916. The number of likely N-dealkylation sites (tertiary alicyclic amines) is 1. The number of nitrogens with zero attached hydrogens (tertiary/aromatic N) is 4. The largest absolute Gasteiger partial charge is 0.406 e. The normalized spacial score (nSPS) is 20.9. The minimum Gasteiger partial charge on any atom is -0.360 e. The molecule has 2 rings (SSSR count). The average molecular weight is 253 g/mol. The summed E-state index contributed by atoms with van der Waals surface area (Å²) in [5, 5.41) is 14.1. The van der Waals surface area contributed by atoms with Gasteiger partial charge in [-0.25, -0.2) is 0 Å². The van der Waals surface area contributed by atoms with E-state index in [1.165, 1.54) is 6.33 Å². The predicted molar refractivity (Wildman–Crippen MR) is 68.6 cm³/mol. The van der Waals surface area contributed by atoms with Gasteiger partial charge in [0, 0.05) is 19.6 Å². The van der Waals surface area contributed by atoms with Crippen LogP contribution in [0.25, 0.3) is 0 Å². The van der Waals surface area contributed by atoms with Crippen molar-refractivity contribution in [3.05, 3.63) is 16.4 Å². The lowest BCUT2D eigenvalue weighted by atomic mass is 10.1. The fraction of sp³-hybridized carbons (Fsp3) is 0.727. The molecule has 100 valence electrons. The number of imidazole rings is 1. The van der Waals surface area contributed by atoms with Crippen molar-refractivity contribution >= 4 is 11.6 Å². The molecule has 1 atom stereocenters. The Morgan fingerprint density at radius 2 is 2.44 bits per heavy atom. The summed E-state index contributed by atoms with van der Waals surface area (Å²) < 4.78 is 1.67. The van der Waals surface area contributed by atoms with Crippen LogP contribution in [-0.2, 0) is 7.05 Å². The van der Waals surface area contributed by atoms with E-state index < -0.39 is 4.92 Å². The highest BCUT2D eigenvalue weighted by atomic mass is 16.6. The van der Waals surface area contributed by atoms with Gasteiger partial charge in [-0.15, -0.1) is 0 Å². The van der Waals surface area contributed by atoms with E-state index in [2.05, 4.69) is 22.1 Å². The van der Waals surface area contributed by atoms with Crippen molar-refractivity contribution in [2.75, 3.05) is 25.0 Å². The summed E-state index contributed by atoms with van der Waals surface area (Å²) in [5.74, 6) is 0.411. The molecule has 0 aromatic carbocycles. The number of nitrogens with one attached hydrogen (secondary N) is 1. The molecule has 18 heavy (non-hydrogen) atoms. The van der Waals surface area contributed by atoms with Gasteiger partial charge in [-0.05, 0) is 35.8 Å². The highest BCUT2D eigenvalue weighted by Crippen LogP contribution is 2.24. The molecule has 7 heteroatoms. The fourth-order valence-electron chi connectivity index (χ4n) is 2.37. The zero-order valence-corrected chi connectivity index (χ0v) is 10.8. The third-order valence-electron chi connectivity index (χ3n) is 3.38. The van der Waals surface area contributed by atoms with E-state index in [0.717, 1.165) is 32.5 Å². The maximum atomic E-state index is 10.9. The third kappa shape index (κ3) is 2.61. The number of hydrogen-bond donors (Lipinski definition) is 1. The topological polar surface area (TPSA) is 76.2 Å². The van der Waals surface area contributed by atoms with Gasteiger partial charge in [0.1, 0.15) is 0 Å². The molecule has 2 heterocycles. The smallest absolute Gasteiger partial charge is 0.360 e. The number of aryl methyl sites for hydroxylation is 1.